The number of nitrogens with one attached hydrogen (secondary N) is 1. The van der Waals surface area contributed by atoms with E-state index in [4.69, 9.17) is 14.2 Å². The van der Waals surface area contributed by atoms with Crippen molar-refractivity contribution in [3.05, 3.63) is 89.5 Å². The van der Waals surface area contributed by atoms with Crippen LogP contribution in [0.2, 0.25) is 0 Å². The molecule has 3 aromatic carbocycles. The van der Waals surface area contributed by atoms with Gasteiger partial charge in [0.2, 0.25) is 5.91 Å². The minimum absolute atomic E-state index is 0.192. The quantitative estimate of drug-likeness (QED) is 0.388. The molecule has 1 N–H and O–H groups in total. The van der Waals surface area contributed by atoms with Gasteiger partial charge in [-0.3, -0.25) is 4.79 Å². The minimum atomic E-state index is -0.192. The van der Waals surface area contributed by atoms with Crippen molar-refractivity contribution in [2.24, 2.45) is 0 Å². The Morgan fingerprint density at radius 3 is 1.74 bits per heavy atom. The number of benzene rings is 3. The van der Waals surface area contributed by atoms with E-state index in [1.54, 1.807) is 27.4 Å². The number of amides is 1. The smallest absolute Gasteiger partial charge is 0.248 e. The normalized spacial score (nSPS) is 10.9. The van der Waals surface area contributed by atoms with Crippen molar-refractivity contribution in [1.82, 2.24) is 0 Å². The first-order valence-electron chi connectivity index (χ1n) is 9.74. The highest BCUT2D eigenvalue weighted by atomic mass is 16.5. The van der Waals surface area contributed by atoms with Gasteiger partial charge in [0, 0.05) is 17.8 Å². The Hall–Kier alpha value is -3.99. The van der Waals surface area contributed by atoms with E-state index >= 15 is 0 Å². The average molecular weight is 415 g/mol. The third kappa shape index (κ3) is 6.51. The van der Waals surface area contributed by atoms with Crippen molar-refractivity contribution in [3.63, 3.8) is 0 Å². The van der Waals surface area contributed by atoms with Crippen LogP contribution >= 0.6 is 0 Å². The summed E-state index contributed by atoms with van der Waals surface area (Å²) in [5.74, 6) is 2.06. The molecule has 0 saturated carbocycles. The van der Waals surface area contributed by atoms with Crippen molar-refractivity contribution in [2.45, 2.75) is 0 Å². The third-order valence-corrected chi connectivity index (χ3v) is 4.56. The first-order valence-corrected chi connectivity index (χ1v) is 9.74. The molecule has 5 heteroatoms. The van der Waals surface area contributed by atoms with Gasteiger partial charge in [0.25, 0.3) is 0 Å². The Bertz CT molecular complexity index is 1050. The highest BCUT2D eigenvalue weighted by Crippen LogP contribution is 2.24. The molecule has 0 aliphatic carbocycles. The fourth-order valence-electron chi connectivity index (χ4n) is 2.87. The van der Waals surface area contributed by atoms with Gasteiger partial charge in [-0.25, -0.2) is 0 Å². The molecule has 5 nitrogen and oxygen atoms in total. The predicted molar refractivity (Wildman–Crippen MR) is 126 cm³/mol. The Balaban J connectivity index is 1.60. The summed E-state index contributed by atoms with van der Waals surface area (Å²) in [6.45, 7) is 0. The van der Waals surface area contributed by atoms with Gasteiger partial charge >= 0.3 is 0 Å². The Morgan fingerprint density at radius 2 is 1.16 bits per heavy atom. The number of carbonyl (C=O) groups is 1. The molecule has 0 aliphatic heterocycles. The van der Waals surface area contributed by atoms with Gasteiger partial charge in [-0.05, 0) is 59.2 Å². The molecule has 31 heavy (non-hydrogen) atoms. The van der Waals surface area contributed by atoms with Gasteiger partial charge in [0.15, 0.2) is 0 Å². The molecule has 0 aliphatic rings. The molecule has 158 valence electrons. The summed E-state index contributed by atoms with van der Waals surface area (Å²) in [6.07, 6.45) is 7.24. The fraction of sp³-hybridized carbons (Fsp3) is 0.115. The van der Waals surface area contributed by atoms with Crippen LogP contribution in [-0.2, 0) is 4.79 Å². The van der Waals surface area contributed by atoms with E-state index in [1.165, 1.54) is 6.08 Å². The predicted octanol–water partition coefficient (Wildman–Crippen LogP) is 5.53. The summed E-state index contributed by atoms with van der Waals surface area (Å²) >= 11 is 0. The summed E-state index contributed by atoms with van der Waals surface area (Å²) < 4.78 is 15.7. The number of anilines is 1. The topological polar surface area (TPSA) is 56.8 Å². The second kappa shape index (κ2) is 10.7. The van der Waals surface area contributed by atoms with Crippen molar-refractivity contribution >= 4 is 29.8 Å². The molecular formula is C26H25NO4. The van der Waals surface area contributed by atoms with Crippen LogP contribution in [0.25, 0.3) is 18.2 Å². The molecule has 0 aromatic heterocycles. The summed E-state index contributed by atoms with van der Waals surface area (Å²) in [5.41, 5.74) is 3.63. The monoisotopic (exact) mass is 415 g/mol. The number of rotatable bonds is 8. The van der Waals surface area contributed by atoms with E-state index in [-0.39, 0.29) is 5.91 Å². The van der Waals surface area contributed by atoms with Crippen LogP contribution < -0.4 is 19.5 Å². The van der Waals surface area contributed by atoms with E-state index in [1.807, 2.05) is 78.9 Å². The largest absolute Gasteiger partial charge is 0.497 e. The average Bonchev–Trinajstić information content (AvgIpc) is 2.82. The van der Waals surface area contributed by atoms with Crippen molar-refractivity contribution in [3.8, 4) is 17.2 Å². The van der Waals surface area contributed by atoms with E-state index in [0.717, 1.165) is 39.6 Å². The van der Waals surface area contributed by atoms with Crippen molar-refractivity contribution in [2.75, 3.05) is 26.6 Å². The second-order valence-corrected chi connectivity index (χ2v) is 6.70. The fourth-order valence-corrected chi connectivity index (χ4v) is 2.87. The highest BCUT2D eigenvalue weighted by Gasteiger charge is 2.01. The van der Waals surface area contributed by atoms with Crippen LogP contribution in [0.3, 0.4) is 0 Å². The molecule has 0 atom stereocenters. The zero-order valence-electron chi connectivity index (χ0n) is 17.8. The molecule has 0 unspecified atom stereocenters. The lowest BCUT2D eigenvalue weighted by atomic mass is 10.1. The summed E-state index contributed by atoms with van der Waals surface area (Å²) in [5, 5.41) is 2.86. The SMILES string of the molecule is COc1ccc(/C=C/C(=O)Nc2ccc(/C=C/c3cc(OC)cc(OC)c3)cc2)cc1. The van der Waals surface area contributed by atoms with Crippen molar-refractivity contribution < 1.29 is 19.0 Å². The maximum absolute atomic E-state index is 12.2. The maximum atomic E-state index is 12.2. The summed E-state index contributed by atoms with van der Waals surface area (Å²) in [4.78, 5) is 12.2. The number of methoxy groups -OCH3 is 3. The standard InChI is InChI=1S/C26H25NO4/c1-29-23-13-8-20(9-14-23)10-15-26(28)27-22-11-6-19(7-12-22)4-5-21-16-24(30-2)18-25(17-21)31-3/h4-18H,1-3H3,(H,27,28)/b5-4+,15-10+. The van der Waals surface area contributed by atoms with Gasteiger partial charge in [0.1, 0.15) is 17.2 Å². The molecule has 3 rings (SSSR count). The first-order chi connectivity index (χ1) is 15.1. The lowest BCUT2D eigenvalue weighted by Gasteiger charge is -2.06. The Kier molecular flexibility index (Phi) is 7.49. The minimum Gasteiger partial charge on any atom is -0.497 e. The number of hydrogen-bond donors (Lipinski definition) is 1. The first kappa shape index (κ1) is 21.7. The van der Waals surface area contributed by atoms with Crippen LogP contribution in [0.1, 0.15) is 16.7 Å². The molecule has 0 heterocycles. The van der Waals surface area contributed by atoms with E-state index < -0.39 is 0 Å². The van der Waals surface area contributed by atoms with E-state index in [0.29, 0.717) is 0 Å². The summed E-state index contributed by atoms with van der Waals surface area (Å²) in [7, 11) is 4.87. The van der Waals surface area contributed by atoms with Crippen LogP contribution in [0.4, 0.5) is 5.69 Å². The highest BCUT2D eigenvalue weighted by molar-refractivity contribution is 6.02. The van der Waals surface area contributed by atoms with Crippen LogP contribution in [0, 0.1) is 0 Å². The van der Waals surface area contributed by atoms with Gasteiger partial charge in [-0.1, -0.05) is 36.4 Å². The molecule has 0 fully saturated rings. The molecule has 0 radical (unpaired) electrons. The van der Waals surface area contributed by atoms with E-state index in [2.05, 4.69) is 5.32 Å². The Labute approximate surface area is 182 Å². The molecule has 0 saturated heterocycles. The zero-order chi connectivity index (χ0) is 22.1. The van der Waals surface area contributed by atoms with Gasteiger partial charge < -0.3 is 19.5 Å². The van der Waals surface area contributed by atoms with Crippen LogP contribution in [-0.4, -0.2) is 27.2 Å². The summed E-state index contributed by atoms with van der Waals surface area (Å²) in [6, 6.07) is 20.8. The molecule has 1 amide bonds. The Morgan fingerprint density at radius 1 is 0.645 bits per heavy atom. The van der Waals surface area contributed by atoms with E-state index in [9.17, 15) is 4.79 Å². The lowest BCUT2D eigenvalue weighted by Crippen LogP contribution is -2.07. The maximum Gasteiger partial charge on any atom is 0.248 e. The number of carbonyl (C=O) groups excluding carboxylic acids is 1. The molecule has 3 aromatic rings. The van der Waals surface area contributed by atoms with Crippen molar-refractivity contribution in [1.29, 1.82) is 0 Å². The third-order valence-electron chi connectivity index (χ3n) is 4.56. The molecular weight excluding hydrogens is 390 g/mol. The van der Waals surface area contributed by atoms with Gasteiger partial charge in [-0.2, -0.15) is 0 Å². The van der Waals surface area contributed by atoms with Gasteiger partial charge in [0.05, 0.1) is 21.3 Å². The second-order valence-electron chi connectivity index (χ2n) is 6.70. The molecule has 0 spiro atoms. The molecule has 0 bridgehead atoms. The van der Waals surface area contributed by atoms with Gasteiger partial charge in [-0.15, -0.1) is 0 Å². The lowest BCUT2D eigenvalue weighted by molar-refractivity contribution is -0.111. The zero-order valence-corrected chi connectivity index (χ0v) is 17.8. The van der Waals surface area contributed by atoms with Crippen LogP contribution in [0.5, 0.6) is 17.2 Å². The number of ether oxygens (including phenoxy) is 3. The number of hydrogen-bond acceptors (Lipinski definition) is 4. The van der Waals surface area contributed by atoms with Crippen LogP contribution in [0.15, 0.2) is 72.8 Å².